The minimum absolute atomic E-state index is 0.295. The van der Waals surface area contributed by atoms with Crippen molar-refractivity contribution in [1.82, 2.24) is 0 Å². The number of rotatable bonds is 7. The number of fused-ring (bicyclic) bond motifs is 1. The third-order valence-electron chi connectivity index (χ3n) is 4.22. The molecule has 1 atom stereocenters. The molecule has 0 saturated heterocycles. The van der Waals surface area contributed by atoms with Gasteiger partial charge in [-0.3, -0.25) is 4.99 Å². The minimum Gasteiger partial charge on any atom is -0.494 e. The first kappa shape index (κ1) is 19.8. The van der Waals surface area contributed by atoms with Crippen molar-refractivity contribution in [3.05, 3.63) is 47.8 Å². The molecule has 148 valence electrons. The van der Waals surface area contributed by atoms with E-state index in [0.29, 0.717) is 36.0 Å². The third kappa shape index (κ3) is 4.28. The molecule has 0 aliphatic carbocycles. The largest absolute Gasteiger partial charge is 0.494 e. The SMILES string of the molecule is CCOc1ccc2oc(-c3ccc(OC)c(OC)c3)cc(=NC[C@@H](C)O)c2c1. The Morgan fingerprint density at radius 1 is 1.04 bits per heavy atom. The lowest BCUT2D eigenvalue weighted by molar-refractivity contribution is 0.203. The van der Waals surface area contributed by atoms with Crippen LogP contribution in [0.4, 0.5) is 0 Å². The molecule has 2 aromatic carbocycles. The number of aliphatic hydroxyl groups excluding tert-OH is 1. The molecule has 0 amide bonds. The summed E-state index contributed by atoms with van der Waals surface area (Å²) in [5, 5.41) is 11.2. The monoisotopic (exact) mass is 383 g/mol. The van der Waals surface area contributed by atoms with Crippen molar-refractivity contribution >= 4 is 11.0 Å². The van der Waals surface area contributed by atoms with Gasteiger partial charge in [-0.25, -0.2) is 0 Å². The molecule has 6 nitrogen and oxygen atoms in total. The van der Waals surface area contributed by atoms with Crippen molar-refractivity contribution in [2.24, 2.45) is 4.99 Å². The molecule has 0 spiro atoms. The van der Waals surface area contributed by atoms with E-state index in [4.69, 9.17) is 18.6 Å². The number of hydrogen-bond donors (Lipinski definition) is 1. The average molecular weight is 383 g/mol. The van der Waals surface area contributed by atoms with Gasteiger partial charge in [0, 0.05) is 17.0 Å². The van der Waals surface area contributed by atoms with Crippen LogP contribution in [0.25, 0.3) is 22.3 Å². The van der Waals surface area contributed by atoms with Gasteiger partial charge in [0.15, 0.2) is 11.5 Å². The second kappa shape index (κ2) is 8.80. The third-order valence-corrected chi connectivity index (χ3v) is 4.22. The summed E-state index contributed by atoms with van der Waals surface area (Å²) in [6, 6.07) is 13.1. The van der Waals surface area contributed by atoms with Crippen molar-refractivity contribution in [3.8, 4) is 28.6 Å². The molecule has 0 saturated carbocycles. The fourth-order valence-corrected chi connectivity index (χ4v) is 2.90. The molecule has 0 aliphatic heterocycles. The molecule has 1 heterocycles. The highest BCUT2D eigenvalue weighted by atomic mass is 16.5. The molecule has 6 heteroatoms. The summed E-state index contributed by atoms with van der Waals surface area (Å²) in [5.74, 6) is 2.65. The van der Waals surface area contributed by atoms with Crippen LogP contribution in [-0.4, -0.2) is 38.6 Å². The summed E-state index contributed by atoms with van der Waals surface area (Å²) in [6.45, 7) is 4.52. The van der Waals surface area contributed by atoms with E-state index in [2.05, 4.69) is 4.99 Å². The van der Waals surface area contributed by atoms with Gasteiger partial charge in [-0.15, -0.1) is 0 Å². The number of hydrogen-bond acceptors (Lipinski definition) is 6. The van der Waals surface area contributed by atoms with E-state index in [9.17, 15) is 5.11 Å². The number of benzene rings is 2. The molecule has 28 heavy (non-hydrogen) atoms. The highest BCUT2D eigenvalue weighted by Crippen LogP contribution is 2.33. The van der Waals surface area contributed by atoms with Crippen molar-refractivity contribution in [2.75, 3.05) is 27.4 Å². The molecule has 0 fully saturated rings. The number of methoxy groups -OCH3 is 2. The number of aliphatic hydroxyl groups is 1. The fourth-order valence-electron chi connectivity index (χ4n) is 2.90. The van der Waals surface area contributed by atoms with Crippen LogP contribution in [0.1, 0.15) is 13.8 Å². The molecule has 0 unspecified atom stereocenters. The molecule has 3 rings (SSSR count). The first-order valence-electron chi connectivity index (χ1n) is 9.17. The zero-order chi connectivity index (χ0) is 20.1. The average Bonchev–Trinajstić information content (AvgIpc) is 2.71. The summed E-state index contributed by atoms with van der Waals surface area (Å²) in [5.41, 5.74) is 1.52. The van der Waals surface area contributed by atoms with Crippen LogP contribution in [0.3, 0.4) is 0 Å². The first-order chi connectivity index (χ1) is 13.5. The van der Waals surface area contributed by atoms with Gasteiger partial charge in [0.05, 0.1) is 38.8 Å². The lowest BCUT2D eigenvalue weighted by atomic mass is 10.1. The predicted molar refractivity (Wildman–Crippen MR) is 108 cm³/mol. The minimum atomic E-state index is -0.535. The summed E-state index contributed by atoms with van der Waals surface area (Å²) in [6.07, 6.45) is -0.535. The maximum atomic E-state index is 9.66. The van der Waals surface area contributed by atoms with Gasteiger partial charge < -0.3 is 23.7 Å². The predicted octanol–water partition coefficient (Wildman–Crippen LogP) is 3.80. The van der Waals surface area contributed by atoms with Gasteiger partial charge in [-0.2, -0.15) is 0 Å². The lowest BCUT2D eigenvalue weighted by Crippen LogP contribution is -2.11. The molecule has 0 radical (unpaired) electrons. The zero-order valence-electron chi connectivity index (χ0n) is 16.6. The van der Waals surface area contributed by atoms with Crippen LogP contribution in [0.2, 0.25) is 0 Å². The summed E-state index contributed by atoms with van der Waals surface area (Å²) in [7, 11) is 3.19. The first-order valence-corrected chi connectivity index (χ1v) is 9.17. The van der Waals surface area contributed by atoms with Crippen molar-refractivity contribution in [2.45, 2.75) is 20.0 Å². The molecular formula is C22H25NO5. The van der Waals surface area contributed by atoms with Crippen molar-refractivity contribution < 1.29 is 23.7 Å². The molecular weight excluding hydrogens is 358 g/mol. The molecule has 0 bridgehead atoms. The summed E-state index contributed by atoms with van der Waals surface area (Å²) in [4.78, 5) is 4.58. The topological polar surface area (TPSA) is 73.4 Å². The van der Waals surface area contributed by atoms with Crippen LogP contribution >= 0.6 is 0 Å². The highest BCUT2D eigenvalue weighted by Gasteiger charge is 2.11. The van der Waals surface area contributed by atoms with Crippen molar-refractivity contribution in [1.29, 1.82) is 0 Å². The zero-order valence-corrected chi connectivity index (χ0v) is 16.6. The molecule has 3 aromatic rings. The van der Waals surface area contributed by atoms with E-state index in [1.165, 1.54) is 0 Å². The molecule has 1 aromatic heterocycles. The highest BCUT2D eigenvalue weighted by molar-refractivity contribution is 5.80. The van der Waals surface area contributed by atoms with Crippen LogP contribution in [0.5, 0.6) is 17.2 Å². The second-order valence-corrected chi connectivity index (χ2v) is 6.35. The maximum absolute atomic E-state index is 9.66. The molecule has 1 N–H and O–H groups in total. The Balaban J connectivity index is 2.19. The second-order valence-electron chi connectivity index (χ2n) is 6.35. The Labute approximate surface area is 164 Å². The lowest BCUT2D eigenvalue weighted by Gasteiger charge is -2.11. The van der Waals surface area contributed by atoms with E-state index in [0.717, 1.165) is 22.1 Å². The number of ether oxygens (including phenoxy) is 3. The van der Waals surface area contributed by atoms with Crippen LogP contribution in [0.15, 0.2) is 51.9 Å². The van der Waals surface area contributed by atoms with Gasteiger partial charge in [0.2, 0.25) is 0 Å². The van der Waals surface area contributed by atoms with Crippen LogP contribution in [-0.2, 0) is 0 Å². The fraction of sp³-hybridized carbons (Fsp3) is 0.318. The maximum Gasteiger partial charge on any atom is 0.161 e. The van der Waals surface area contributed by atoms with Gasteiger partial charge in [-0.1, -0.05) is 0 Å². The normalized spacial score (nSPS) is 12.8. The number of nitrogens with zero attached hydrogens (tertiary/aromatic N) is 1. The summed E-state index contributed by atoms with van der Waals surface area (Å²) < 4.78 is 22.4. The van der Waals surface area contributed by atoms with Crippen LogP contribution in [0, 0.1) is 0 Å². The van der Waals surface area contributed by atoms with E-state index in [-0.39, 0.29) is 0 Å². The Hall–Kier alpha value is -2.99. The van der Waals surface area contributed by atoms with Crippen molar-refractivity contribution in [3.63, 3.8) is 0 Å². The van der Waals surface area contributed by atoms with Gasteiger partial charge in [0.1, 0.15) is 17.1 Å². The van der Waals surface area contributed by atoms with Gasteiger partial charge in [-0.05, 0) is 50.2 Å². The summed E-state index contributed by atoms with van der Waals surface area (Å²) >= 11 is 0. The Bertz CT molecular complexity index is 1020. The van der Waals surface area contributed by atoms with Crippen LogP contribution < -0.4 is 19.6 Å². The van der Waals surface area contributed by atoms with E-state index in [1.807, 2.05) is 49.4 Å². The van der Waals surface area contributed by atoms with Gasteiger partial charge >= 0.3 is 0 Å². The van der Waals surface area contributed by atoms with Gasteiger partial charge in [0.25, 0.3) is 0 Å². The Morgan fingerprint density at radius 2 is 1.82 bits per heavy atom. The smallest absolute Gasteiger partial charge is 0.161 e. The quantitative estimate of drug-likeness (QED) is 0.672. The Morgan fingerprint density at radius 3 is 2.50 bits per heavy atom. The Kier molecular flexibility index (Phi) is 6.21. The van der Waals surface area contributed by atoms with E-state index >= 15 is 0 Å². The van der Waals surface area contributed by atoms with E-state index < -0.39 is 6.10 Å². The standard InChI is InChI=1S/C22H25NO5/c1-5-27-16-7-9-19-17(11-16)18(23-13-14(2)24)12-21(28-19)15-6-8-20(25-3)22(10-15)26-4/h6-12,14,24H,5,13H2,1-4H3/t14-/m1/s1. The molecule has 0 aliphatic rings. The van der Waals surface area contributed by atoms with E-state index in [1.54, 1.807) is 21.1 Å².